The molecule has 3 aromatic rings. The number of alkyl halides is 3. The first-order valence-electron chi connectivity index (χ1n) is 7.79. The van der Waals surface area contributed by atoms with Gasteiger partial charge < -0.3 is 0 Å². The van der Waals surface area contributed by atoms with Gasteiger partial charge in [-0.05, 0) is 37.6 Å². The van der Waals surface area contributed by atoms with Gasteiger partial charge in [0.1, 0.15) is 16.7 Å². The highest BCUT2D eigenvalue weighted by Crippen LogP contribution is 2.36. The number of fused-ring (bicyclic) bond motifs is 1. The molecule has 0 aliphatic heterocycles. The maximum absolute atomic E-state index is 13.2. The molecule has 0 aromatic carbocycles. The Balaban J connectivity index is 1.98. The molecule has 0 fully saturated rings. The van der Waals surface area contributed by atoms with Crippen molar-refractivity contribution in [3.8, 4) is 6.07 Å². The van der Waals surface area contributed by atoms with Gasteiger partial charge in [0.15, 0.2) is 0 Å². The molecule has 0 bridgehead atoms. The van der Waals surface area contributed by atoms with Crippen molar-refractivity contribution < 1.29 is 13.2 Å². The van der Waals surface area contributed by atoms with E-state index in [1.807, 2.05) is 6.92 Å². The summed E-state index contributed by atoms with van der Waals surface area (Å²) in [7, 11) is 0. The fourth-order valence-electron chi connectivity index (χ4n) is 2.55. The summed E-state index contributed by atoms with van der Waals surface area (Å²) in [6.07, 6.45) is -3.03. The van der Waals surface area contributed by atoms with Gasteiger partial charge >= 0.3 is 6.18 Å². The van der Waals surface area contributed by atoms with Crippen LogP contribution in [0.3, 0.4) is 0 Å². The molecule has 9 heteroatoms. The van der Waals surface area contributed by atoms with Crippen LogP contribution < -0.4 is 5.56 Å². The molecule has 0 aliphatic carbocycles. The maximum atomic E-state index is 13.2. The average Bonchev–Trinajstić information content (AvgIpc) is 2.58. The second-order valence-electron chi connectivity index (χ2n) is 5.91. The number of halogens is 3. The van der Waals surface area contributed by atoms with Crippen molar-refractivity contribution in [2.45, 2.75) is 30.8 Å². The van der Waals surface area contributed by atoms with Crippen LogP contribution in [-0.2, 0) is 11.9 Å². The Morgan fingerprint density at radius 1 is 1.22 bits per heavy atom. The number of thioether (sulfide) groups is 1. The number of rotatable bonds is 3. The molecule has 0 atom stereocenters. The zero-order valence-electron chi connectivity index (χ0n) is 14.3. The summed E-state index contributed by atoms with van der Waals surface area (Å²) >= 11 is 0.946. The van der Waals surface area contributed by atoms with E-state index in [0.29, 0.717) is 11.3 Å². The van der Waals surface area contributed by atoms with Crippen molar-refractivity contribution in [2.24, 2.45) is 0 Å². The Kier molecular flexibility index (Phi) is 4.93. The number of hydrogen-bond donors (Lipinski definition) is 0. The molecule has 0 saturated heterocycles. The quantitative estimate of drug-likeness (QED) is 0.635. The third kappa shape index (κ3) is 3.95. The van der Waals surface area contributed by atoms with Crippen molar-refractivity contribution in [1.29, 1.82) is 5.26 Å². The molecule has 0 amide bonds. The molecule has 3 heterocycles. The SMILES string of the molecule is Cc1ccn2c(=O)cc(CSc3nc(C)cc(C(F)(F)F)c3C#N)nc2c1. The molecule has 0 N–H and O–H groups in total. The van der Waals surface area contributed by atoms with E-state index in [4.69, 9.17) is 0 Å². The lowest BCUT2D eigenvalue weighted by atomic mass is 10.1. The van der Waals surface area contributed by atoms with Gasteiger partial charge in [-0.3, -0.25) is 9.20 Å². The second-order valence-corrected chi connectivity index (χ2v) is 6.87. The standard InChI is InChI=1S/C18H13F3N4OS/c1-10-3-4-25-15(5-10)24-12(7-16(25)26)9-27-17-13(8-22)14(18(19,20)21)6-11(2)23-17/h3-7H,9H2,1-2H3. The monoisotopic (exact) mass is 390 g/mol. The Hall–Kier alpha value is -2.86. The van der Waals surface area contributed by atoms with Crippen molar-refractivity contribution >= 4 is 17.4 Å². The number of pyridine rings is 2. The lowest BCUT2D eigenvalue weighted by Crippen LogP contribution is -2.15. The number of hydrogen-bond acceptors (Lipinski definition) is 5. The van der Waals surface area contributed by atoms with E-state index in [9.17, 15) is 23.2 Å². The van der Waals surface area contributed by atoms with E-state index in [-0.39, 0.29) is 22.0 Å². The molecular formula is C18H13F3N4OS. The van der Waals surface area contributed by atoms with Crippen LogP contribution >= 0.6 is 11.8 Å². The summed E-state index contributed by atoms with van der Waals surface area (Å²) in [6, 6.07) is 7.28. The smallest absolute Gasteiger partial charge is 0.269 e. The molecule has 5 nitrogen and oxygen atoms in total. The molecule has 0 saturated carbocycles. The van der Waals surface area contributed by atoms with Gasteiger partial charge in [-0.1, -0.05) is 11.8 Å². The molecule has 3 aromatic heterocycles. The minimum Gasteiger partial charge on any atom is -0.269 e. The van der Waals surface area contributed by atoms with Gasteiger partial charge in [-0.2, -0.15) is 18.4 Å². The number of aromatic nitrogens is 3. The summed E-state index contributed by atoms with van der Waals surface area (Å²) in [5, 5.41) is 9.16. The highest BCUT2D eigenvalue weighted by atomic mass is 32.2. The summed E-state index contributed by atoms with van der Waals surface area (Å²) < 4.78 is 40.9. The molecule has 0 unspecified atom stereocenters. The fraction of sp³-hybridized carbons (Fsp3) is 0.222. The van der Waals surface area contributed by atoms with Crippen LogP contribution in [0.1, 0.15) is 28.1 Å². The van der Waals surface area contributed by atoms with E-state index in [2.05, 4.69) is 9.97 Å². The normalized spacial score (nSPS) is 11.6. The predicted octanol–water partition coefficient (Wildman–Crippen LogP) is 3.89. The minimum atomic E-state index is -4.65. The maximum Gasteiger partial charge on any atom is 0.417 e. The number of aryl methyl sites for hydroxylation is 2. The van der Waals surface area contributed by atoms with Crippen LogP contribution in [0.15, 0.2) is 40.3 Å². The topological polar surface area (TPSA) is 71.1 Å². The fourth-order valence-corrected chi connectivity index (χ4v) is 3.49. The summed E-state index contributed by atoms with van der Waals surface area (Å²) in [5.74, 6) is 0.113. The molecule has 0 radical (unpaired) electrons. The summed E-state index contributed by atoms with van der Waals surface area (Å²) in [6.45, 7) is 3.30. The Bertz CT molecular complexity index is 1130. The second kappa shape index (κ2) is 7.04. The van der Waals surface area contributed by atoms with Crippen LogP contribution in [0, 0.1) is 25.2 Å². The Morgan fingerprint density at radius 2 is 1.96 bits per heavy atom. The van der Waals surface area contributed by atoms with Gasteiger partial charge in [0.25, 0.3) is 5.56 Å². The summed E-state index contributed by atoms with van der Waals surface area (Å²) in [4.78, 5) is 20.6. The van der Waals surface area contributed by atoms with Crippen LogP contribution in [-0.4, -0.2) is 14.4 Å². The van der Waals surface area contributed by atoms with Gasteiger partial charge in [-0.15, -0.1) is 0 Å². The van der Waals surface area contributed by atoms with Gasteiger partial charge in [-0.25, -0.2) is 9.97 Å². The van der Waals surface area contributed by atoms with Crippen molar-refractivity contribution in [3.05, 3.63) is 68.9 Å². The first-order chi connectivity index (χ1) is 12.7. The number of nitriles is 1. The van der Waals surface area contributed by atoms with E-state index in [1.165, 1.54) is 17.4 Å². The van der Waals surface area contributed by atoms with E-state index >= 15 is 0 Å². The van der Waals surface area contributed by atoms with E-state index < -0.39 is 17.3 Å². The highest BCUT2D eigenvalue weighted by molar-refractivity contribution is 7.98. The Morgan fingerprint density at radius 3 is 2.63 bits per heavy atom. The first kappa shape index (κ1) is 18.9. The molecule has 27 heavy (non-hydrogen) atoms. The van der Waals surface area contributed by atoms with Crippen LogP contribution in [0.25, 0.3) is 5.65 Å². The van der Waals surface area contributed by atoms with Crippen molar-refractivity contribution in [2.75, 3.05) is 0 Å². The van der Waals surface area contributed by atoms with E-state index in [1.54, 1.807) is 24.4 Å². The third-order valence-corrected chi connectivity index (χ3v) is 4.77. The average molecular weight is 390 g/mol. The zero-order valence-corrected chi connectivity index (χ0v) is 15.1. The highest BCUT2D eigenvalue weighted by Gasteiger charge is 2.35. The molecule has 0 spiro atoms. The number of nitrogens with zero attached hydrogens (tertiary/aromatic N) is 4. The van der Waals surface area contributed by atoms with Gasteiger partial charge in [0, 0.05) is 23.7 Å². The molecular weight excluding hydrogens is 377 g/mol. The Labute approximate surface area is 156 Å². The molecule has 0 aliphatic rings. The third-order valence-electron chi connectivity index (χ3n) is 3.76. The van der Waals surface area contributed by atoms with E-state index in [0.717, 1.165) is 23.4 Å². The lowest BCUT2D eigenvalue weighted by molar-refractivity contribution is -0.138. The van der Waals surface area contributed by atoms with Crippen LogP contribution in [0.2, 0.25) is 0 Å². The van der Waals surface area contributed by atoms with Gasteiger partial charge in [0.05, 0.1) is 16.8 Å². The first-order valence-corrected chi connectivity index (χ1v) is 8.78. The van der Waals surface area contributed by atoms with Gasteiger partial charge in [0.2, 0.25) is 0 Å². The largest absolute Gasteiger partial charge is 0.417 e. The zero-order chi connectivity index (χ0) is 19.8. The van der Waals surface area contributed by atoms with Crippen molar-refractivity contribution in [3.63, 3.8) is 0 Å². The molecule has 3 rings (SSSR count). The van der Waals surface area contributed by atoms with Crippen LogP contribution in [0.4, 0.5) is 13.2 Å². The lowest BCUT2D eigenvalue weighted by Gasteiger charge is -2.12. The van der Waals surface area contributed by atoms with Crippen LogP contribution in [0.5, 0.6) is 0 Å². The molecule has 138 valence electrons. The predicted molar refractivity (Wildman–Crippen MR) is 94.5 cm³/mol. The minimum absolute atomic E-state index is 0.0314. The summed E-state index contributed by atoms with van der Waals surface area (Å²) in [5.41, 5.74) is 0.112. The van der Waals surface area contributed by atoms with Crippen molar-refractivity contribution in [1.82, 2.24) is 14.4 Å².